The molecular weight excluding hydrogens is 144 g/mol. The van der Waals surface area contributed by atoms with Crippen molar-refractivity contribution in [2.24, 2.45) is 0 Å². The minimum Gasteiger partial charge on any atom is -0.480 e. The van der Waals surface area contributed by atoms with Gasteiger partial charge in [0.2, 0.25) is 0 Å². The molecule has 0 unspecified atom stereocenters. The lowest BCUT2D eigenvalue weighted by atomic mass is 10.5. The van der Waals surface area contributed by atoms with Crippen molar-refractivity contribution in [1.29, 1.82) is 0 Å². The maximum absolute atomic E-state index is 9.99. The number of rotatable bonds is 7. The molecule has 0 radical (unpaired) electrons. The zero-order valence-electron chi connectivity index (χ0n) is 6.47. The first-order chi connectivity index (χ1) is 5.27. The Balaban J connectivity index is 2.90. The Hall–Kier alpha value is -0.870. The van der Waals surface area contributed by atoms with Crippen LogP contribution in [0.4, 0.5) is 0 Å². The van der Waals surface area contributed by atoms with Gasteiger partial charge >= 0.3 is 5.97 Å². The maximum atomic E-state index is 9.99. The summed E-state index contributed by atoms with van der Waals surface area (Å²) in [5.74, 6) is -0.825. The second-order valence-corrected chi connectivity index (χ2v) is 2.06. The van der Waals surface area contributed by atoms with Crippen LogP contribution in [0.1, 0.15) is 0 Å². The van der Waals surface area contributed by atoms with Gasteiger partial charge in [-0.3, -0.25) is 4.79 Å². The third kappa shape index (κ3) is 9.13. The minimum absolute atomic E-state index is 0.0236. The van der Waals surface area contributed by atoms with Crippen molar-refractivity contribution in [2.75, 3.05) is 26.2 Å². The molecule has 3 N–H and O–H groups in total. The van der Waals surface area contributed by atoms with Gasteiger partial charge in [-0.25, -0.2) is 0 Å². The van der Waals surface area contributed by atoms with E-state index in [1.54, 1.807) is 6.08 Å². The van der Waals surface area contributed by atoms with Crippen molar-refractivity contribution in [3.05, 3.63) is 12.7 Å². The maximum Gasteiger partial charge on any atom is 0.317 e. The van der Waals surface area contributed by atoms with Crippen molar-refractivity contribution in [1.82, 2.24) is 10.6 Å². The van der Waals surface area contributed by atoms with Crippen LogP contribution >= 0.6 is 0 Å². The van der Waals surface area contributed by atoms with Gasteiger partial charge in [-0.2, -0.15) is 0 Å². The molecule has 4 nitrogen and oxygen atoms in total. The van der Waals surface area contributed by atoms with Crippen LogP contribution < -0.4 is 10.6 Å². The summed E-state index contributed by atoms with van der Waals surface area (Å²) in [4.78, 5) is 9.99. The normalized spacial score (nSPS) is 9.45. The monoisotopic (exact) mass is 158 g/mol. The molecule has 0 bridgehead atoms. The Kier molecular flexibility index (Phi) is 6.67. The number of hydrogen-bond donors (Lipinski definition) is 3. The summed E-state index contributed by atoms with van der Waals surface area (Å²) in [6, 6.07) is 0. The van der Waals surface area contributed by atoms with Crippen LogP contribution in [-0.4, -0.2) is 37.3 Å². The van der Waals surface area contributed by atoms with Crippen molar-refractivity contribution >= 4 is 5.97 Å². The molecule has 0 saturated heterocycles. The molecule has 0 aromatic rings. The van der Waals surface area contributed by atoms with E-state index in [0.29, 0.717) is 6.54 Å². The van der Waals surface area contributed by atoms with E-state index in [-0.39, 0.29) is 6.54 Å². The Labute approximate surface area is 66.3 Å². The van der Waals surface area contributed by atoms with Crippen LogP contribution in [0.5, 0.6) is 0 Å². The molecule has 0 spiro atoms. The summed E-state index contributed by atoms with van der Waals surface area (Å²) in [6.45, 7) is 5.74. The van der Waals surface area contributed by atoms with Crippen LogP contribution in [0.25, 0.3) is 0 Å². The Morgan fingerprint density at radius 1 is 1.45 bits per heavy atom. The molecule has 0 aromatic heterocycles. The molecule has 0 aliphatic rings. The van der Waals surface area contributed by atoms with Crippen LogP contribution in [-0.2, 0) is 4.79 Å². The van der Waals surface area contributed by atoms with E-state index in [1.807, 2.05) is 0 Å². The summed E-state index contributed by atoms with van der Waals surface area (Å²) < 4.78 is 0. The number of hydrogen-bond acceptors (Lipinski definition) is 3. The smallest absolute Gasteiger partial charge is 0.317 e. The Morgan fingerprint density at radius 2 is 2.09 bits per heavy atom. The van der Waals surface area contributed by atoms with Gasteiger partial charge in [-0.1, -0.05) is 6.08 Å². The summed E-state index contributed by atoms with van der Waals surface area (Å²) in [7, 11) is 0. The molecule has 0 aliphatic heterocycles. The van der Waals surface area contributed by atoms with Gasteiger partial charge in [0, 0.05) is 19.6 Å². The lowest BCUT2D eigenvalue weighted by Gasteiger charge is -2.01. The second kappa shape index (κ2) is 7.24. The third-order valence-electron chi connectivity index (χ3n) is 1.04. The highest BCUT2D eigenvalue weighted by Crippen LogP contribution is 1.62. The molecule has 64 valence electrons. The molecule has 0 rings (SSSR count). The SMILES string of the molecule is C=CCNCCNCC(=O)O. The first-order valence-electron chi connectivity index (χ1n) is 3.51. The fraction of sp³-hybridized carbons (Fsp3) is 0.571. The Bertz CT molecular complexity index is 126. The van der Waals surface area contributed by atoms with E-state index < -0.39 is 5.97 Å². The summed E-state index contributed by atoms with van der Waals surface area (Å²) in [5.41, 5.74) is 0. The van der Waals surface area contributed by atoms with Gasteiger partial charge in [0.25, 0.3) is 0 Å². The number of carboxylic acid groups (broad SMARTS) is 1. The van der Waals surface area contributed by atoms with E-state index in [4.69, 9.17) is 5.11 Å². The number of nitrogens with one attached hydrogen (secondary N) is 2. The molecule has 0 fully saturated rings. The third-order valence-corrected chi connectivity index (χ3v) is 1.04. The largest absolute Gasteiger partial charge is 0.480 e. The second-order valence-electron chi connectivity index (χ2n) is 2.06. The van der Waals surface area contributed by atoms with Gasteiger partial charge in [0.1, 0.15) is 0 Å². The zero-order valence-corrected chi connectivity index (χ0v) is 6.47. The van der Waals surface area contributed by atoms with E-state index in [2.05, 4.69) is 17.2 Å². The fourth-order valence-corrected chi connectivity index (χ4v) is 0.576. The number of carboxylic acids is 1. The molecule has 11 heavy (non-hydrogen) atoms. The van der Waals surface area contributed by atoms with Crippen LogP contribution in [0, 0.1) is 0 Å². The topological polar surface area (TPSA) is 61.4 Å². The highest BCUT2D eigenvalue weighted by atomic mass is 16.4. The molecule has 0 aromatic carbocycles. The van der Waals surface area contributed by atoms with E-state index in [9.17, 15) is 4.79 Å². The number of carbonyl (C=O) groups is 1. The summed E-state index contributed by atoms with van der Waals surface area (Å²) in [5, 5.41) is 14.0. The Morgan fingerprint density at radius 3 is 2.64 bits per heavy atom. The zero-order chi connectivity index (χ0) is 8.53. The van der Waals surface area contributed by atoms with Crippen LogP contribution in [0.3, 0.4) is 0 Å². The lowest BCUT2D eigenvalue weighted by Crippen LogP contribution is -2.30. The molecule has 0 atom stereocenters. The summed E-state index contributed by atoms with van der Waals surface area (Å²) >= 11 is 0. The van der Waals surface area contributed by atoms with E-state index in [1.165, 1.54) is 0 Å². The van der Waals surface area contributed by atoms with Crippen LogP contribution in [0.2, 0.25) is 0 Å². The fourth-order valence-electron chi connectivity index (χ4n) is 0.576. The first kappa shape index (κ1) is 10.1. The average Bonchev–Trinajstić information content (AvgIpc) is 1.96. The molecular formula is C7H14N2O2. The number of aliphatic carboxylic acids is 1. The van der Waals surface area contributed by atoms with Crippen molar-refractivity contribution in [2.45, 2.75) is 0 Å². The van der Waals surface area contributed by atoms with Gasteiger partial charge in [-0.05, 0) is 0 Å². The van der Waals surface area contributed by atoms with Crippen molar-refractivity contribution in [3.63, 3.8) is 0 Å². The first-order valence-corrected chi connectivity index (χ1v) is 3.51. The van der Waals surface area contributed by atoms with Crippen LogP contribution in [0.15, 0.2) is 12.7 Å². The minimum atomic E-state index is -0.825. The van der Waals surface area contributed by atoms with E-state index >= 15 is 0 Å². The predicted octanol–water partition coefficient (Wildman–Crippen LogP) is -0.564. The van der Waals surface area contributed by atoms with Gasteiger partial charge < -0.3 is 15.7 Å². The standard InChI is InChI=1S/C7H14N2O2/c1-2-3-8-4-5-9-6-7(10)11/h2,8-9H,1,3-6H2,(H,10,11). The van der Waals surface area contributed by atoms with Crippen molar-refractivity contribution in [3.8, 4) is 0 Å². The quantitative estimate of drug-likeness (QED) is 0.343. The van der Waals surface area contributed by atoms with Gasteiger partial charge in [0.15, 0.2) is 0 Å². The highest BCUT2D eigenvalue weighted by molar-refractivity contribution is 5.68. The average molecular weight is 158 g/mol. The molecule has 0 saturated carbocycles. The molecule has 0 amide bonds. The lowest BCUT2D eigenvalue weighted by molar-refractivity contribution is -0.135. The molecule has 0 aliphatic carbocycles. The highest BCUT2D eigenvalue weighted by Gasteiger charge is 1.92. The van der Waals surface area contributed by atoms with Gasteiger partial charge in [0.05, 0.1) is 6.54 Å². The summed E-state index contributed by atoms with van der Waals surface area (Å²) in [6.07, 6.45) is 1.76. The molecule has 0 heterocycles. The predicted molar refractivity (Wildman–Crippen MR) is 43.6 cm³/mol. The van der Waals surface area contributed by atoms with Gasteiger partial charge in [-0.15, -0.1) is 6.58 Å². The van der Waals surface area contributed by atoms with Crippen molar-refractivity contribution < 1.29 is 9.90 Å². The molecule has 4 heteroatoms. The van der Waals surface area contributed by atoms with E-state index in [0.717, 1.165) is 13.1 Å².